The van der Waals surface area contributed by atoms with Gasteiger partial charge in [0.2, 0.25) is 0 Å². The molecule has 2 bridgehead atoms. The maximum atomic E-state index is 11.7. The number of carbonyl (C=O) groups excluding carboxylic acids is 1. The van der Waals surface area contributed by atoms with E-state index in [0.29, 0.717) is 6.42 Å². The van der Waals surface area contributed by atoms with Gasteiger partial charge < -0.3 is 4.79 Å². The van der Waals surface area contributed by atoms with Gasteiger partial charge in [-0.05, 0) is 0 Å². The summed E-state index contributed by atoms with van der Waals surface area (Å²) in [4.78, 5) is 34.5. The van der Waals surface area contributed by atoms with Gasteiger partial charge in [-0.15, -0.1) is 0 Å². The van der Waals surface area contributed by atoms with Crippen LogP contribution in [-0.2, 0) is 17.4 Å². The predicted molar refractivity (Wildman–Crippen MR) is 50.8 cm³/mol. The zero-order chi connectivity index (χ0) is 10.8. The quantitative estimate of drug-likeness (QED) is 0.427. The third-order valence-corrected chi connectivity index (χ3v) is 3.22. The molecule has 1 aromatic heterocycles. The summed E-state index contributed by atoms with van der Waals surface area (Å²) in [5.74, 6) is 0. The predicted octanol–water partition coefficient (Wildman–Crippen LogP) is -1.24. The smallest absolute Gasteiger partial charge is 0.300 e. The van der Waals surface area contributed by atoms with Crippen LogP contribution in [0.5, 0.6) is 0 Å². The highest BCUT2D eigenvalue weighted by Gasteiger charge is 2.48. The Morgan fingerprint density at radius 1 is 1.47 bits per heavy atom. The molecular weight excluding hydrogens is 198 g/mol. The highest BCUT2D eigenvalue weighted by molar-refractivity contribution is 5.67. The van der Waals surface area contributed by atoms with Crippen molar-refractivity contribution in [3.63, 3.8) is 0 Å². The van der Waals surface area contributed by atoms with Gasteiger partial charge in [0.1, 0.15) is 5.54 Å². The summed E-state index contributed by atoms with van der Waals surface area (Å²) < 4.78 is 3.64. The molecule has 0 saturated heterocycles. The lowest BCUT2D eigenvalue weighted by atomic mass is 10.0. The molecule has 2 unspecified atom stereocenters. The number of fused-ring (bicyclic) bond motifs is 5. The van der Waals surface area contributed by atoms with Crippen molar-refractivity contribution < 1.29 is 4.79 Å². The Balaban J connectivity index is 2.48. The van der Waals surface area contributed by atoms with Gasteiger partial charge in [0.05, 0.1) is 6.04 Å². The number of aromatic nitrogens is 3. The number of carbonyl (C=O) groups is 1. The van der Waals surface area contributed by atoms with E-state index in [4.69, 9.17) is 0 Å². The first-order valence-electron chi connectivity index (χ1n) is 4.67. The Kier molecular flexibility index (Phi) is 1.25. The molecule has 3 rings (SSSR count). The minimum atomic E-state index is -0.928. The lowest BCUT2D eigenvalue weighted by molar-refractivity contribution is -0.113. The monoisotopic (exact) mass is 207 g/mol. The number of nitrogens with zero attached hydrogens (tertiary/aromatic N) is 3. The third kappa shape index (κ3) is 0.705. The lowest BCUT2D eigenvalue weighted by Gasteiger charge is -2.17. The Morgan fingerprint density at radius 3 is 2.87 bits per heavy atom. The number of rotatable bonds is 1. The standard InChI is InChI=1S/C9H9N3O3/c1-10-7(14)11-6-2-3-9(4-6,5-13)12(11)8(10)15/h2-3,5-6H,4H2,1H3. The summed E-state index contributed by atoms with van der Waals surface area (Å²) in [6.07, 6.45) is 4.72. The molecule has 1 aromatic rings. The zero-order valence-corrected chi connectivity index (χ0v) is 8.08. The van der Waals surface area contributed by atoms with Gasteiger partial charge in [-0.1, -0.05) is 12.2 Å². The highest BCUT2D eigenvalue weighted by atomic mass is 16.2. The second-order valence-electron chi connectivity index (χ2n) is 4.02. The minimum absolute atomic E-state index is 0.156. The van der Waals surface area contributed by atoms with E-state index in [-0.39, 0.29) is 11.7 Å². The van der Waals surface area contributed by atoms with Crippen LogP contribution >= 0.6 is 0 Å². The molecule has 2 atom stereocenters. The molecule has 2 heterocycles. The van der Waals surface area contributed by atoms with Gasteiger partial charge in [-0.2, -0.15) is 0 Å². The van der Waals surface area contributed by atoms with Gasteiger partial charge in [0.15, 0.2) is 6.29 Å². The fourth-order valence-corrected chi connectivity index (χ4v) is 2.44. The van der Waals surface area contributed by atoms with Crippen molar-refractivity contribution in [2.45, 2.75) is 18.0 Å². The van der Waals surface area contributed by atoms with Crippen molar-refractivity contribution in [3.8, 4) is 0 Å². The van der Waals surface area contributed by atoms with E-state index in [1.54, 1.807) is 12.2 Å². The number of aldehydes is 1. The van der Waals surface area contributed by atoms with Crippen molar-refractivity contribution in [2.24, 2.45) is 7.05 Å². The fourth-order valence-electron chi connectivity index (χ4n) is 2.44. The van der Waals surface area contributed by atoms with Crippen molar-refractivity contribution in [1.82, 2.24) is 13.9 Å². The Hall–Kier alpha value is -1.85. The Bertz CT molecular complexity index is 603. The Labute approximate surface area is 84.0 Å². The van der Waals surface area contributed by atoms with Crippen LogP contribution in [0.4, 0.5) is 0 Å². The van der Waals surface area contributed by atoms with E-state index in [2.05, 4.69) is 0 Å². The first-order chi connectivity index (χ1) is 7.10. The first kappa shape index (κ1) is 8.46. The zero-order valence-electron chi connectivity index (χ0n) is 8.08. The largest absolute Gasteiger partial charge is 0.348 e. The van der Waals surface area contributed by atoms with E-state index >= 15 is 0 Å². The van der Waals surface area contributed by atoms with Crippen LogP contribution in [-0.4, -0.2) is 20.2 Å². The second-order valence-corrected chi connectivity index (χ2v) is 4.02. The van der Waals surface area contributed by atoms with Crippen LogP contribution in [0.15, 0.2) is 21.7 Å². The summed E-state index contributed by atoms with van der Waals surface area (Å²) >= 11 is 0. The summed E-state index contributed by atoms with van der Waals surface area (Å²) in [6, 6.07) is -0.156. The molecule has 0 fully saturated rings. The van der Waals surface area contributed by atoms with E-state index < -0.39 is 11.2 Å². The molecule has 0 N–H and O–H groups in total. The second kappa shape index (κ2) is 2.21. The van der Waals surface area contributed by atoms with E-state index in [9.17, 15) is 14.4 Å². The summed E-state index contributed by atoms with van der Waals surface area (Å²) in [5.41, 5.74) is -1.72. The Morgan fingerprint density at radius 2 is 2.20 bits per heavy atom. The molecule has 0 aromatic carbocycles. The first-order valence-corrected chi connectivity index (χ1v) is 4.67. The summed E-state index contributed by atoms with van der Waals surface area (Å²) in [5, 5.41) is 0. The SMILES string of the molecule is Cn1c(=O)n2n(c1=O)C1(C=O)C=CC2C1. The molecule has 6 heteroatoms. The normalized spacial score (nSPS) is 30.9. The van der Waals surface area contributed by atoms with Crippen LogP contribution in [0.25, 0.3) is 0 Å². The molecule has 2 aliphatic rings. The molecule has 6 nitrogen and oxygen atoms in total. The van der Waals surface area contributed by atoms with Gasteiger partial charge >= 0.3 is 11.4 Å². The van der Waals surface area contributed by atoms with Crippen molar-refractivity contribution in [1.29, 1.82) is 0 Å². The lowest BCUT2D eigenvalue weighted by Crippen LogP contribution is -2.39. The average Bonchev–Trinajstić information content (AvgIpc) is 2.86. The van der Waals surface area contributed by atoms with E-state index in [0.717, 1.165) is 10.9 Å². The molecule has 15 heavy (non-hydrogen) atoms. The van der Waals surface area contributed by atoms with Crippen LogP contribution in [0.3, 0.4) is 0 Å². The fraction of sp³-hybridized carbons (Fsp3) is 0.444. The number of hydrogen-bond acceptors (Lipinski definition) is 3. The number of hydrogen-bond donors (Lipinski definition) is 0. The number of allylic oxidation sites excluding steroid dienone is 2. The van der Waals surface area contributed by atoms with Crippen LogP contribution < -0.4 is 11.4 Å². The third-order valence-electron chi connectivity index (χ3n) is 3.22. The van der Waals surface area contributed by atoms with E-state index in [1.165, 1.54) is 16.4 Å². The molecule has 0 spiro atoms. The van der Waals surface area contributed by atoms with Crippen molar-refractivity contribution in [3.05, 3.63) is 33.1 Å². The van der Waals surface area contributed by atoms with Crippen LogP contribution in [0.1, 0.15) is 12.5 Å². The van der Waals surface area contributed by atoms with Crippen LogP contribution in [0, 0.1) is 0 Å². The maximum absolute atomic E-state index is 11.7. The van der Waals surface area contributed by atoms with Gasteiger partial charge in [0, 0.05) is 13.5 Å². The van der Waals surface area contributed by atoms with Gasteiger partial charge in [-0.3, -0.25) is 0 Å². The molecular formula is C9H9N3O3. The highest BCUT2D eigenvalue weighted by Crippen LogP contribution is 2.39. The summed E-state index contributed by atoms with van der Waals surface area (Å²) in [6.45, 7) is 0. The van der Waals surface area contributed by atoms with Crippen molar-refractivity contribution >= 4 is 6.29 Å². The maximum Gasteiger partial charge on any atom is 0.348 e. The topological polar surface area (TPSA) is 66.0 Å². The van der Waals surface area contributed by atoms with E-state index in [1.807, 2.05) is 0 Å². The average molecular weight is 207 g/mol. The molecule has 78 valence electrons. The molecule has 0 saturated carbocycles. The minimum Gasteiger partial charge on any atom is -0.300 e. The van der Waals surface area contributed by atoms with Gasteiger partial charge in [0.25, 0.3) is 0 Å². The van der Waals surface area contributed by atoms with Crippen LogP contribution in [0.2, 0.25) is 0 Å². The molecule has 1 aliphatic carbocycles. The molecule has 1 aliphatic heterocycles. The van der Waals surface area contributed by atoms with Gasteiger partial charge in [-0.25, -0.2) is 23.5 Å². The molecule has 0 radical (unpaired) electrons. The summed E-state index contributed by atoms with van der Waals surface area (Å²) in [7, 11) is 1.42. The molecule has 0 amide bonds. The van der Waals surface area contributed by atoms with Crippen molar-refractivity contribution in [2.75, 3.05) is 0 Å².